The van der Waals surface area contributed by atoms with E-state index in [0.717, 1.165) is 18.2 Å². The third kappa shape index (κ3) is 1.43. The molecule has 1 aromatic carbocycles. The highest BCUT2D eigenvalue weighted by Gasteiger charge is 2.28. The van der Waals surface area contributed by atoms with E-state index in [1.807, 2.05) is 0 Å². The SMILES string of the molecule is O=C1CCCC1c1cc2cc(F)ccc2o1. The van der Waals surface area contributed by atoms with Crippen molar-refractivity contribution < 1.29 is 13.6 Å². The normalized spacial score (nSPS) is 20.8. The van der Waals surface area contributed by atoms with Gasteiger partial charge in [0.25, 0.3) is 0 Å². The molecule has 1 aromatic heterocycles. The second-order valence-electron chi connectivity index (χ2n) is 4.24. The summed E-state index contributed by atoms with van der Waals surface area (Å²) in [5, 5.41) is 0.731. The molecule has 82 valence electrons. The molecule has 16 heavy (non-hydrogen) atoms. The van der Waals surface area contributed by atoms with E-state index in [1.165, 1.54) is 12.1 Å². The van der Waals surface area contributed by atoms with Gasteiger partial charge in [-0.3, -0.25) is 4.79 Å². The molecule has 1 aliphatic carbocycles. The summed E-state index contributed by atoms with van der Waals surface area (Å²) in [5.41, 5.74) is 0.649. The van der Waals surface area contributed by atoms with Crippen LogP contribution in [0.1, 0.15) is 30.9 Å². The molecule has 0 N–H and O–H groups in total. The summed E-state index contributed by atoms with van der Waals surface area (Å²) in [5.74, 6) is 0.524. The Labute approximate surface area is 92.1 Å². The van der Waals surface area contributed by atoms with Gasteiger partial charge in [0.2, 0.25) is 0 Å². The molecule has 1 aliphatic rings. The summed E-state index contributed by atoms with van der Waals surface area (Å²) < 4.78 is 18.6. The van der Waals surface area contributed by atoms with E-state index in [1.54, 1.807) is 12.1 Å². The topological polar surface area (TPSA) is 30.2 Å². The number of Topliss-reactive ketones (excluding diaryl/α,β-unsaturated/α-hetero) is 1. The van der Waals surface area contributed by atoms with Gasteiger partial charge >= 0.3 is 0 Å². The zero-order valence-corrected chi connectivity index (χ0v) is 8.70. The first-order valence-corrected chi connectivity index (χ1v) is 5.46. The Morgan fingerprint density at radius 1 is 1.31 bits per heavy atom. The summed E-state index contributed by atoms with van der Waals surface area (Å²) in [7, 11) is 0. The number of rotatable bonds is 1. The van der Waals surface area contributed by atoms with Crippen molar-refractivity contribution in [3.05, 3.63) is 35.8 Å². The van der Waals surface area contributed by atoms with Crippen molar-refractivity contribution in [1.82, 2.24) is 0 Å². The third-order valence-electron chi connectivity index (χ3n) is 3.15. The Morgan fingerprint density at radius 3 is 2.94 bits per heavy atom. The van der Waals surface area contributed by atoms with Crippen molar-refractivity contribution in [2.24, 2.45) is 0 Å². The molecule has 1 saturated carbocycles. The van der Waals surface area contributed by atoms with Crippen LogP contribution in [-0.4, -0.2) is 5.78 Å². The van der Waals surface area contributed by atoms with Crippen molar-refractivity contribution >= 4 is 16.8 Å². The zero-order valence-electron chi connectivity index (χ0n) is 8.70. The average molecular weight is 218 g/mol. The Morgan fingerprint density at radius 2 is 2.19 bits per heavy atom. The minimum Gasteiger partial charge on any atom is -0.460 e. The number of hydrogen-bond acceptors (Lipinski definition) is 2. The van der Waals surface area contributed by atoms with Gasteiger partial charge in [-0.1, -0.05) is 0 Å². The number of benzene rings is 1. The molecule has 1 heterocycles. The van der Waals surface area contributed by atoms with Crippen molar-refractivity contribution in [2.45, 2.75) is 25.2 Å². The molecule has 0 spiro atoms. The first kappa shape index (κ1) is 9.58. The number of ketones is 1. The Kier molecular flexibility index (Phi) is 2.06. The van der Waals surface area contributed by atoms with Gasteiger partial charge in [0.1, 0.15) is 22.9 Å². The van der Waals surface area contributed by atoms with Crippen LogP contribution < -0.4 is 0 Å². The monoisotopic (exact) mass is 218 g/mol. The fourth-order valence-corrected chi connectivity index (χ4v) is 2.32. The van der Waals surface area contributed by atoms with Crippen molar-refractivity contribution in [3.8, 4) is 0 Å². The summed E-state index contributed by atoms with van der Waals surface area (Å²) in [6.07, 6.45) is 2.41. The van der Waals surface area contributed by atoms with Crippen LogP contribution in [0.4, 0.5) is 4.39 Å². The summed E-state index contributed by atoms with van der Waals surface area (Å²) >= 11 is 0. The highest BCUT2D eigenvalue weighted by molar-refractivity contribution is 5.88. The second kappa shape index (κ2) is 3.44. The van der Waals surface area contributed by atoms with Gasteiger partial charge in [-0.05, 0) is 37.1 Å². The van der Waals surface area contributed by atoms with Crippen molar-refractivity contribution in [1.29, 1.82) is 0 Å². The van der Waals surface area contributed by atoms with Crippen molar-refractivity contribution in [2.75, 3.05) is 0 Å². The molecule has 1 unspecified atom stereocenters. The highest BCUT2D eigenvalue weighted by atomic mass is 19.1. The number of hydrogen-bond donors (Lipinski definition) is 0. The van der Waals surface area contributed by atoms with Gasteiger partial charge in [0.15, 0.2) is 0 Å². The lowest BCUT2D eigenvalue weighted by atomic mass is 10.0. The van der Waals surface area contributed by atoms with Gasteiger partial charge in [-0.15, -0.1) is 0 Å². The summed E-state index contributed by atoms with van der Waals surface area (Å²) in [6.45, 7) is 0. The minimum absolute atomic E-state index is 0.115. The molecule has 0 aliphatic heterocycles. The van der Waals surface area contributed by atoms with E-state index in [2.05, 4.69) is 0 Å². The number of carbonyl (C=O) groups is 1. The number of halogens is 1. The lowest BCUT2D eigenvalue weighted by Gasteiger charge is -2.01. The lowest BCUT2D eigenvalue weighted by Crippen LogP contribution is -2.02. The predicted octanol–water partition coefficient (Wildman–Crippen LogP) is 3.41. The first-order chi connectivity index (χ1) is 7.74. The standard InChI is InChI=1S/C13H11FO2/c14-9-4-5-12-8(6-9)7-13(16-12)10-2-1-3-11(10)15/h4-7,10H,1-3H2. The maximum absolute atomic E-state index is 13.0. The van der Waals surface area contributed by atoms with Crippen LogP contribution in [0.2, 0.25) is 0 Å². The van der Waals surface area contributed by atoms with Crippen molar-refractivity contribution in [3.63, 3.8) is 0 Å². The molecule has 0 radical (unpaired) electrons. The van der Waals surface area contributed by atoms with Crippen LogP contribution in [0.15, 0.2) is 28.7 Å². The molecule has 2 aromatic rings. The fraction of sp³-hybridized carbons (Fsp3) is 0.308. The molecule has 1 atom stereocenters. The molecule has 0 bridgehead atoms. The van der Waals surface area contributed by atoms with Crippen LogP contribution in [-0.2, 0) is 4.79 Å². The molecule has 3 heteroatoms. The third-order valence-corrected chi connectivity index (χ3v) is 3.15. The number of furan rings is 1. The molecule has 3 rings (SSSR count). The molecule has 2 nitrogen and oxygen atoms in total. The number of fused-ring (bicyclic) bond motifs is 1. The van der Waals surface area contributed by atoms with Gasteiger partial charge in [0, 0.05) is 11.8 Å². The maximum Gasteiger partial charge on any atom is 0.143 e. The highest BCUT2D eigenvalue weighted by Crippen LogP contribution is 2.34. The molecular formula is C13H11FO2. The Bertz CT molecular complexity index is 556. The number of carbonyl (C=O) groups excluding carboxylic acids is 1. The molecule has 1 fully saturated rings. The fourth-order valence-electron chi connectivity index (χ4n) is 2.32. The summed E-state index contributed by atoms with van der Waals surface area (Å²) in [4.78, 5) is 11.6. The van der Waals surface area contributed by atoms with E-state index in [0.29, 0.717) is 17.8 Å². The largest absolute Gasteiger partial charge is 0.460 e. The van der Waals surface area contributed by atoms with Gasteiger partial charge < -0.3 is 4.42 Å². The van der Waals surface area contributed by atoms with Gasteiger partial charge in [-0.25, -0.2) is 4.39 Å². The van der Waals surface area contributed by atoms with Gasteiger partial charge in [-0.2, -0.15) is 0 Å². The predicted molar refractivity (Wildman–Crippen MR) is 57.8 cm³/mol. The lowest BCUT2D eigenvalue weighted by molar-refractivity contribution is -0.118. The second-order valence-corrected chi connectivity index (χ2v) is 4.24. The van der Waals surface area contributed by atoms with E-state index in [4.69, 9.17) is 4.42 Å². The van der Waals surface area contributed by atoms with E-state index in [9.17, 15) is 9.18 Å². The smallest absolute Gasteiger partial charge is 0.143 e. The van der Waals surface area contributed by atoms with Crippen LogP contribution in [0.3, 0.4) is 0 Å². The van der Waals surface area contributed by atoms with Gasteiger partial charge in [0.05, 0.1) is 5.92 Å². The van der Waals surface area contributed by atoms with Crippen LogP contribution in [0.5, 0.6) is 0 Å². The average Bonchev–Trinajstić information content (AvgIpc) is 2.82. The van der Waals surface area contributed by atoms with E-state index < -0.39 is 0 Å². The van der Waals surface area contributed by atoms with E-state index in [-0.39, 0.29) is 17.5 Å². The van der Waals surface area contributed by atoms with Crippen LogP contribution in [0.25, 0.3) is 11.0 Å². The molecular weight excluding hydrogens is 207 g/mol. The zero-order chi connectivity index (χ0) is 11.1. The first-order valence-electron chi connectivity index (χ1n) is 5.46. The maximum atomic E-state index is 13.0. The molecule has 0 amide bonds. The quantitative estimate of drug-likeness (QED) is 0.734. The summed E-state index contributed by atoms with van der Waals surface area (Å²) in [6, 6.07) is 6.19. The molecule has 0 saturated heterocycles. The van der Waals surface area contributed by atoms with E-state index >= 15 is 0 Å². The minimum atomic E-state index is -0.280. The Hall–Kier alpha value is -1.64. The van der Waals surface area contributed by atoms with Crippen LogP contribution >= 0.6 is 0 Å². The van der Waals surface area contributed by atoms with Crippen LogP contribution in [0, 0.1) is 5.82 Å². The Balaban J connectivity index is 2.08.